The van der Waals surface area contributed by atoms with Crippen molar-refractivity contribution in [3.63, 3.8) is 0 Å². The molecule has 3 rings (SSSR count). The fourth-order valence-corrected chi connectivity index (χ4v) is 3.04. The highest BCUT2D eigenvalue weighted by atomic mass is 35.5. The van der Waals surface area contributed by atoms with Gasteiger partial charge >= 0.3 is 6.09 Å². The molecular weight excluding hydrogens is 342 g/mol. The molecule has 6 nitrogen and oxygen atoms in total. The molecule has 1 amide bonds. The normalized spacial score (nSPS) is 15.9. The molecule has 0 unspecified atom stereocenters. The van der Waals surface area contributed by atoms with E-state index in [-0.39, 0.29) is 12.2 Å². The Morgan fingerprint density at radius 3 is 2.76 bits per heavy atom. The molecule has 1 N–H and O–H groups in total. The van der Waals surface area contributed by atoms with E-state index in [0.717, 1.165) is 55.9 Å². The number of nitrogens with one attached hydrogen (secondary N) is 1. The Morgan fingerprint density at radius 1 is 1.36 bits per heavy atom. The number of rotatable bonds is 5. The number of ether oxygens (including phenoxy) is 1. The molecule has 1 fully saturated rings. The van der Waals surface area contributed by atoms with Crippen LogP contribution in [0.4, 0.5) is 4.79 Å². The minimum absolute atomic E-state index is 0.0137. The lowest BCUT2D eigenvalue weighted by atomic mass is 10.1. The number of likely N-dealkylation sites (tertiary alicyclic amines) is 1. The third-order valence-corrected chi connectivity index (χ3v) is 4.64. The number of piperidine rings is 1. The van der Waals surface area contributed by atoms with Gasteiger partial charge in [0.25, 0.3) is 0 Å². The van der Waals surface area contributed by atoms with Crippen molar-refractivity contribution >= 4 is 17.7 Å². The summed E-state index contributed by atoms with van der Waals surface area (Å²) in [5, 5.41) is 7.34. The van der Waals surface area contributed by atoms with E-state index in [9.17, 15) is 4.79 Å². The second kappa shape index (κ2) is 8.36. The van der Waals surface area contributed by atoms with Crippen LogP contribution in [-0.4, -0.2) is 48.9 Å². The van der Waals surface area contributed by atoms with Gasteiger partial charge in [-0.15, -0.1) is 0 Å². The Morgan fingerprint density at radius 2 is 2.08 bits per heavy atom. The van der Waals surface area contributed by atoms with Gasteiger partial charge in [0.05, 0.1) is 5.69 Å². The van der Waals surface area contributed by atoms with E-state index in [0.29, 0.717) is 5.02 Å². The van der Waals surface area contributed by atoms with Crippen LogP contribution in [0.2, 0.25) is 5.02 Å². The van der Waals surface area contributed by atoms with E-state index in [1.807, 2.05) is 30.3 Å². The molecule has 134 valence electrons. The van der Waals surface area contributed by atoms with Crippen LogP contribution in [0.1, 0.15) is 18.5 Å². The van der Waals surface area contributed by atoms with Crippen molar-refractivity contribution in [3.8, 4) is 11.3 Å². The SMILES string of the molecule is CNC(=O)OC1CCN(CCc2cc(-c3ccc(Cl)cc3)on2)CC1. The standard InChI is InChI=1S/C18H22ClN3O3/c1-20-18(23)24-16-7-10-22(11-8-16)9-6-15-12-17(25-21-15)13-2-4-14(19)5-3-13/h2-5,12,16H,6-11H2,1H3,(H,20,23). The summed E-state index contributed by atoms with van der Waals surface area (Å²) in [7, 11) is 1.58. The Kier molecular flexibility index (Phi) is 5.94. The summed E-state index contributed by atoms with van der Waals surface area (Å²) in [6, 6.07) is 9.49. The Labute approximate surface area is 152 Å². The van der Waals surface area contributed by atoms with E-state index >= 15 is 0 Å². The van der Waals surface area contributed by atoms with Crippen molar-refractivity contribution in [1.29, 1.82) is 0 Å². The maximum Gasteiger partial charge on any atom is 0.407 e. The first kappa shape index (κ1) is 17.8. The van der Waals surface area contributed by atoms with Gasteiger partial charge in [-0.1, -0.05) is 16.8 Å². The van der Waals surface area contributed by atoms with Crippen molar-refractivity contribution in [3.05, 3.63) is 41.0 Å². The van der Waals surface area contributed by atoms with Crippen molar-refractivity contribution < 1.29 is 14.1 Å². The Hall–Kier alpha value is -2.05. The number of nitrogens with zero attached hydrogens (tertiary/aromatic N) is 2. The van der Waals surface area contributed by atoms with Gasteiger partial charge in [-0.25, -0.2) is 4.79 Å². The predicted molar refractivity (Wildman–Crippen MR) is 95.7 cm³/mol. The quantitative estimate of drug-likeness (QED) is 0.882. The van der Waals surface area contributed by atoms with Crippen LogP contribution in [0.5, 0.6) is 0 Å². The highest BCUT2D eigenvalue weighted by Gasteiger charge is 2.22. The van der Waals surface area contributed by atoms with Crippen LogP contribution in [0, 0.1) is 0 Å². The van der Waals surface area contributed by atoms with E-state index in [4.69, 9.17) is 20.9 Å². The van der Waals surface area contributed by atoms with Gasteiger partial charge in [0, 0.05) is 49.8 Å². The number of halogens is 1. The molecular formula is C18H22ClN3O3. The van der Waals surface area contributed by atoms with Gasteiger partial charge in [0.1, 0.15) is 6.10 Å². The topological polar surface area (TPSA) is 67.6 Å². The van der Waals surface area contributed by atoms with Crippen LogP contribution < -0.4 is 5.32 Å². The minimum atomic E-state index is -0.351. The summed E-state index contributed by atoms with van der Waals surface area (Å²) in [6.07, 6.45) is 2.22. The number of benzene rings is 1. The van der Waals surface area contributed by atoms with Crippen molar-refractivity contribution in [2.75, 3.05) is 26.7 Å². The first-order chi connectivity index (χ1) is 12.1. The van der Waals surface area contributed by atoms with Crippen LogP contribution in [-0.2, 0) is 11.2 Å². The summed E-state index contributed by atoms with van der Waals surface area (Å²) < 4.78 is 10.7. The summed E-state index contributed by atoms with van der Waals surface area (Å²) >= 11 is 5.90. The number of aromatic nitrogens is 1. The molecule has 0 bridgehead atoms. The van der Waals surface area contributed by atoms with Crippen LogP contribution >= 0.6 is 11.6 Å². The third-order valence-electron chi connectivity index (χ3n) is 4.38. The highest BCUT2D eigenvalue weighted by Crippen LogP contribution is 2.22. The van der Waals surface area contributed by atoms with Gasteiger partial charge in [0.2, 0.25) is 0 Å². The maximum atomic E-state index is 11.2. The molecule has 1 aliphatic heterocycles. The van der Waals surface area contributed by atoms with E-state index in [1.54, 1.807) is 7.05 Å². The van der Waals surface area contributed by atoms with Gasteiger partial charge in [-0.2, -0.15) is 0 Å². The molecule has 1 aliphatic rings. The maximum absolute atomic E-state index is 11.2. The summed E-state index contributed by atoms with van der Waals surface area (Å²) in [4.78, 5) is 13.6. The van der Waals surface area contributed by atoms with Crippen LogP contribution in [0.25, 0.3) is 11.3 Å². The van der Waals surface area contributed by atoms with Crippen molar-refractivity contribution in [1.82, 2.24) is 15.4 Å². The zero-order chi connectivity index (χ0) is 17.6. The lowest BCUT2D eigenvalue weighted by Crippen LogP contribution is -2.39. The van der Waals surface area contributed by atoms with Gasteiger partial charge in [0.15, 0.2) is 5.76 Å². The number of carbonyl (C=O) groups is 1. The second-order valence-corrected chi connectivity index (χ2v) is 6.57. The Bertz CT molecular complexity index is 694. The number of carbonyl (C=O) groups excluding carboxylic acids is 1. The number of amides is 1. The molecule has 1 aromatic heterocycles. The van der Waals surface area contributed by atoms with Gasteiger partial charge in [-0.3, -0.25) is 0 Å². The highest BCUT2D eigenvalue weighted by molar-refractivity contribution is 6.30. The summed E-state index contributed by atoms with van der Waals surface area (Å²) in [5.74, 6) is 0.754. The molecule has 1 aromatic carbocycles. The molecule has 25 heavy (non-hydrogen) atoms. The molecule has 1 saturated heterocycles. The average molecular weight is 364 g/mol. The van der Waals surface area contributed by atoms with Crippen LogP contribution in [0.15, 0.2) is 34.9 Å². The number of alkyl carbamates (subject to hydrolysis) is 1. The second-order valence-electron chi connectivity index (χ2n) is 6.14. The zero-order valence-corrected chi connectivity index (χ0v) is 15.0. The van der Waals surface area contributed by atoms with Gasteiger partial charge in [-0.05, 0) is 37.1 Å². The first-order valence-corrected chi connectivity index (χ1v) is 8.84. The molecule has 2 aromatic rings. The molecule has 0 saturated carbocycles. The predicted octanol–water partition coefficient (Wildman–Crippen LogP) is 3.36. The molecule has 0 aliphatic carbocycles. The Balaban J connectivity index is 1.45. The largest absolute Gasteiger partial charge is 0.446 e. The molecule has 0 atom stereocenters. The fourth-order valence-electron chi connectivity index (χ4n) is 2.91. The minimum Gasteiger partial charge on any atom is -0.446 e. The molecule has 0 spiro atoms. The van der Waals surface area contributed by atoms with E-state index in [2.05, 4.69) is 15.4 Å². The van der Waals surface area contributed by atoms with Crippen molar-refractivity contribution in [2.24, 2.45) is 0 Å². The lowest BCUT2D eigenvalue weighted by molar-refractivity contribution is 0.0521. The smallest absolute Gasteiger partial charge is 0.407 e. The molecule has 7 heteroatoms. The monoisotopic (exact) mass is 363 g/mol. The first-order valence-electron chi connectivity index (χ1n) is 8.46. The summed E-state index contributed by atoms with van der Waals surface area (Å²) in [5.41, 5.74) is 1.91. The van der Waals surface area contributed by atoms with Gasteiger partial charge < -0.3 is 19.5 Å². The molecule has 0 radical (unpaired) electrons. The lowest BCUT2D eigenvalue weighted by Gasteiger charge is -2.31. The zero-order valence-electron chi connectivity index (χ0n) is 14.2. The van der Waals surface area contributed by atoms with Crippen molar-refractivity contribution in [2.45, 2.75) is 25.4 Å². The fraction of sp³-hybridized carbons (Fsp3) is 0.444. The average Bonchev–Trinajstić information content (AvgIpc) is 3.10. The number of hydrogen-bond donors (Lipinski definition) is 1. The van der Waals surface area contributed by atoms with Crippen LogP contribution in [0.3, 0.4) is 0 Å². The summed E-state index contributed by atoms with van der Waals surface area (Å²) in [6.45, 7) is 2.76. The molecule has 2 heterocycles. The van der Waals surface area contributed by atoms with E-state index in [1.165, 1.54) is 0 Å². The number of hydrogen-bond acceptors (Lipinski definition) is 5. The third kappa shape index (κ3) is 4.96. The van der Waals surface area contributed by atoms with E-state index < -0.39 is 0 Å².